The third-order valence-corrected chi connectivity index (χ3v) is 4.62. The van der Waals surface area contributed by atoms with Crippen LogP contribution in [-0.4, -0.2) is 25.0 Å². The SMILES string of the molecule is Cc1ccc(N(C)CCC2CCCC2(N)C(N)=O)cc1. The van der Waals surface area contributed by atoms with Crippen LogP contribution in [0, 0.1) is 12.8 Å². The van der Waals surface area contributed by atoms with E-state index in [0.717, 1.165) is 32.2 Å². The highest BCUT2D eigenvalue weighted by Crippen LogP contribution is 2.36. The van der Waals surface area contributed by atoms with Crippen molar-refractivity contribution in [3.8, 4) is 0 Å². The Morgan fingerprint density at radius 3 is 2.65 bits per heavy atom. The molecule has 0 bridgehead atoms. The summed E-state index contributed by atoms with van der Waals surface area (Å²) in [6, 6.07) is 8.46. The van der Waals surface area contributed by atoms with Crippen LogP contribution < -0.4 is 16.4 Å². The van der Waals surface area contributed by atoms with Gasteiger partial charge in [0.2, 0.25) is 5.91 Å². The van der Waals surface area contributed by atoms with Gasteiger partial charge in [-0.15, -0.1) is 0 Å². The summed E-state index contributed by atoms with van der Waals surface area (Å²) in [5, 5.41) is 0. The molecule has 4 heteroatoms. The summed E-state index contributed by atoms with van der Waals surface area (Å²) < 4.78 is 0. The van der Waals surface area contributed by atoms with E-state index in [1.54, 1.807) is 0 Å². The van der Waals surface area contributed by atoms with Crippen molar-refractivity contribution < 1.29 is 4.79 Å². The molecule has 1 fully saturated rings. The van der Waals surface area contributed by atoms with Crippen LogP contribution in [-0.2, 0) is 4.79 Å². The van der Waals surface area contributed by atoms with E-state index in [0.29, 0.717) is 0 Å². The normalized spacial score (nSPS) is 25.6. The van der Waals surface area contributed by atoms with E-state index in [-0.39, 0.29) is 11.8 Å². The van der Waals surface area contributed by atoms with E-state index in [1.165, 1.54) is 11.3 Å². The number of aryl methyl sites for hydroxylation is 1. The number of carbonyl (C=O) groups excluding carboxylic acids is 1. The molecule has 1 aliphatic rings. The minimum atomic E-state index is -0.798. The van der Waals surface area contributed by atoms with Crippen molar-refractivity contribution in [2.75, 3.05) is 18.5 Å². The van der Waals surface area contributed by atoms with Crippen LogP contribution in [0.2, 0.25) is 0 Å². The molecular weight excluding hydrogens is 250 g/mol. The zero-order chi connectivity index (χ0) is 14.8. The number of carbonyl (C=O) groups is 1. The molecule has 2 unspecified atom stereocenters. The Balaban J connectivity index is 1.95. The molecule has 0 saturated heterocycles. The molecule has 2 rings (SSSR count). The van der Waals surface area contributed by atoms with E-state index in [9.17, 15) is 4.79 Å². The fourth-order valence-electron chi connectivity index (χ4n) is 3.11. The molecule has 1 saturated carbocycles. The maximum atomic E-state index is 11.6. The molecule has 0 aliphatic heterocycles. The molecular formula is C16H25N3O. The fourth-order valence-corrected chi connectivity index (χ4v) is 3.11. The molecule has 4 nitrogen and oxygen atoms in total. The Bertz CT molecular complexity index is 471. The molecule has 1 amide bonds. The monoisotopic (exact) mass is 275 g/mol. The standard InChI is InChI=1S/C16H25N3O/c1-12-5-7-14(8-6-12)19(2)11-9-13-4-3-10-16(13,18)15(17)20/h5-8,13H,3-4,9-11,18H2,1-2H3,(H2,17,20). The zero-order valence-corrected chi connectivity index (χ0v) is 12.4. The number of rotatable bonds is 5. The number of nitrogens with zero attached hydrogens (tertiary/aromatic N) is 1. The molecule has 2 atom stereocenters. The van der Waals surface area contributed by atoms with E-state index >= 15 is 0 Å². The average Bonchev–Trinajstić information content (AvgIpc) is 2.79. The average molecular weight is 275 g/mol. The van der Waals surface area contributed by atoms with Gasteiger partial charge < -0.3 is 16.4 Å². The van der Waals surface area contributed by atoms with Gasteiger partial charge in [-0.2, -0.15) is 0 Å². The molecule has 1 aliphatic carbocycles. The number of amides is 1. The Morgan fingerprint density at radius 1 is 1.40 bits per heavy atom. The van der Waals surface area contributed by atoms with E-state index < -0.39 is 5.54 Å². The topological polar surface area (TPSA) is 72.3 Å². The molecule has 110 valence electrons. The second-order valence-corrected chi connectivity index (χ2v) is 6.04. The van der Waals surface area contributed by atoms with Gasteiger partial charge in [0.15, 0.2) is 0 Å². The summed E-state index contributed by atoms with van der Waals surface area (Å²) in [6.07, 6.45) is 3.63. The van der Waals surface area contributed by atoms with Crippen molar-refractivity contribution in [1.29, 1.82) is 0 Å². The predicted octanol–water partition coefficient (Wildman–Crippen LogP) is 1.80. The van der Waals surface area contributed by atoms with Crippen molar-refractivity contribution in [1.82, 2.24) is 0 Å². The summed E-state index contributed by atoms with van der Waals surface area (Å²) in [5.74, 6) is -0.147. The van der Waals surface area contributed by atoms with Gasteiger partial charge in [0.1, 0.15) is 0 Å². The highest BCUT2D eigenvalue weighted by Gasteiger charge is 2.43. The third-order valence-electron chi connectivity index (χ3n) is 4.62. The summed E-state index contributed by atoms with van der Waals surface area (Å²) in [5.41, 5.74) is 13.3. The van der Waals surface area contributed by atoms with E-state index in [4.69, 9.17) is 11.5 Å². The van der Waals surface area contributed by atoms with Crippen molar-refractivity contribution in [2.45, 2.75) is 38.1 Å². The number of nitrogens with two attached hydrogens (primary N) is 2. The Hall–Kier alpha value is -1.55. The van der Waals surface area contributed by atoms with Crippen molar-refractivity contribution >= 4 is 11.6 Å². The lowest BCUT2D eigenvalue weighted by Crippen LogP contribution is -2.55. The van der Waals surface area contributed by atoms with Gasteiger partial charge in [-0.1, -0.05) is 24.1 Å². The second-order valence-electron chi connectivity index (χ2n) is 6.04. The maximum absolute atomic E-state index is 11.6. The van der Waals surface area contributed by atoms with Gasteiger partial charge in [0.25, 0.3) is 0 Å². The summed E-state index contributed by atoms with van der Waals surface area (Å²) >= 11 is 0. The molecule has 1 aromatic rings. The van der Waals surface area contributed by atoms with Crippen LogP contribution in [0.15, 0.2) is 24.3 Å². The van der Waals surface area contributed by atoms with E-state index in [1.807, 2.05) is 0 Å². The number of benzene rings is 1. The van der Waals surface area contributed by atoms with Crippen molar-refractivity contribution in [2.24, 2.45) is 17.4 Å². The molecule has 20 heavy (non-hydrogen) atoms. The van der Waals surface area contributed by atoms with Gasteiger partial charge in [0.05, 0.1) is 5.54 Å². The van der Waals surface area contributed by atoms with Crippen LogP contribution in [0.3, 0.4) is 0 Å². The number of primary amides is 1. The lowest BCUT2D eigenvalue weighted by molar-refractivity contribution is -0.124. The first-order valence-electron chi connectivity index (χ1n) is 7.30. The Kier molecular flexibility index (Phi) is 4.33. The first kappa shape index (κ1) is 14.9. The molecule has 4 N–H and O–H groups in total. The number of hydrogen-bond acceptors (Lipinski definition) is 3. The quantitative estimate of drug-likeness (QED) is 0.860. The van der Waals surface area contributed by atoms with Gasteiger partial charge in [0, 0.05) is 19.3 Å². The lowest BCUT2D eigenvalue weighted by atomic mass is 9.85. The molecule has 1 aromatic carbocycles. The Morgan fingerprint density at radius 2 is 2.05 bits per heavy atom. The Labute approximate surface area is 121 Å². The van der Waals surface area contributed by atoms with Crippen LogP contribution in [0.4, 0.5) is 5.69 Å². The van der Waals surface area contributed by atoms with Crippen LogP contribution >= 0.6 is 0 Å². The van der Waals surface area contributed by atoms with Crippen molar-refractivity contribution in [3.05, 3.63) is 29.8 Å². The highest BCUT2D eigenvalue weighted by atomic mass is 16.1. The summed E-state index contributed by atoms with van der Waals surface area (Å²) in [7, 11) is 2.07. The highest BCUT2D eigenvalue weighted by molar-refractivity contribution is 5.85. The van der Waals surface area contributed by atoms with Gasteiger partial charge >= 0.3 is 0 Å². The minimum Gasteiger partial charge on any atom is -0.375 e. The largest absolute Gasteiger partial charge is 0.375 e. The summed E-state index contributed by atoms with van der Waals surface area (Å²) in [4.78, 5) is 13.8. The van der Waals surface area contributed by atoms with Gasteiger partial charge in [-0.25, -0.2) is 0 Å². The molecule has 0 spiro atoms. The number of anilines is 1. The smallest absolute Gasteiger partial charge is 0.237 e. The lowest BCUT2D eigenvalue weighted by Gasteiger charge is -2.30. The van der Waals surface area contributed by atoms with Gasteiger partial charge in [-0.3, -0.25) is 4.79 Å². The van der Waals surface area contributed by atoms with Crippen LogP contribution in [0.25, 0.3) is 0 Å². The van der Waals surface area contributed by atoms with Crippen molar-refractivity contribution in [3.63, 3.8) is 0 Å². The third kappa shape index (κ3) is 2.96. The van der Waals surface area contributed by atoms with Crippen LogP contribution in [0.1, 0.15) is 31.2 Å². The van der Waals surface area contributed by atoms with Gasteiger partial charge in [-0.05, 0) is 44.2 Å². The second kappa shape index (κ2) is 5.83. The predicted molar refractivity (Wildman–Crippen MR) is 82.5 cm³/mol. The fraction of sp³-hybridized carbons (Fsp3) is 0.562. The first-order valence-corrected chi connectivity index (χ1v) is 7.30. The first-order chi connectivity index (χ1) is 9.43. The summed E-state index contributed by atoms with van der Waals surface area (Å²) in [6.45, 7) is 2.97. The van der Waals surface area contributed by atoms with Crippen LogP contribution in [0.5, 0.6) is 0 Å². The number of hydrogen-bond donors (Lipinski definition) is 2. The molecule has 0 aromatic heterocycles. The zero-order valence-electron chi connectivity index (χ0n) is 12.4. The molecule has 0 radical (unpaired) electrons. The maximum Gasteiger partial charge on any atom is 0.237 e. The molecule has 0 heterocycles. The van der Waals surface area contributed by atoms with E-state index in [2.05, 4.69) is 43.1 Å². The minimum absolute atomic E-state index is 0.202.